The Morgan fingerprint density at radius 3 is 2.75 bits per heavy atom. The number of nitriles is 1. The van der Waals surface area contributed by atoms with E-state index >= 15 is 0 Å². The first-order chi connectivity index (χ1) is 5.77. The van der Waals surface area contributed by atoms with Crippen molar-refractivity contribution in [3.05, 3.63) is 24.3 Å². The number of nitrogens with one attached hydrogen (secondary N) is 1. The van der Waals surface area contributed by atoms with Gasteiger partial charge in [0, 0.05) is 17.7 Å². The molecule has 62 valence electrons. The van der Waals surface area contributed by atoms with E-state index in [1.807, 2.05) is 6.07 Å². The van der Waals surface area contributed by atoms with E-state index in [9.17, 15) is 0 Å². The smallest absolute Gasteiger partial charge is 0.0988 e. The molecule has 1 aliphatic carbocycles. The Bertz CT molecular complexity index is 264. The molecule has 0 amide bonds. The summed E-state index contributed by atoms with van der Waals surface area (Å²) in [6.07, 6.45) is 6.22. The summed E-state index contributed by atoms with van der Waals surface area (Å²) in [5.41, 5.74) is 1.32. The molecule has 1 aliphatic rings. The van der Waals surface area contributed by atoms with Crippen molar-refractivity contribution < 1.29 is 0 Å². The number of rotatable bonds is 4. The van der Waals surface area contributed by atoms with Crippen molar-refractivity contribution in [2.24, 2.45) is 5.92 Å². The molecule has 0 unspecified atom stereocenters. The number of nitrogens with zero attached hydrogens (tertiary/aromatic N) is 1. The Balaban J connectivity index is 2.41. The molecule has 2 nitrogen and oxygen atoms in total. The summed E-state index contributed by atoms with van der Waals surface area (Å²) in [5, 5.41) is 16.1. The zero-order valence-corrected chi connectivity index (χ0v) is 7.01. The summed E-state index contributed by atoms with van der Waals surface area (Å²) in [6, 6.07) is 2.01. The van der Waals surface area contributed by atoms with E-state index in [1.54, 1.807) is 6.08 Å². The molecule has 1 fully saturated rings. The molecule has 0 atom stereocenters. The summed E-state index contributed by atoms with van der Waals surface area (Å²) >= 11 is 0. The molecular formula is C10H12N2. The average molecular weight is 160 g/mol. The van der Waals surface area contributed by atoms with Gasteiger partial charge in [0.15, 0.2) is 0 Å². The molecule has 0 aromatic rings. The minimum Gasteiger partial charge on any atom is -0.309 e. The minimum absolute atomic E-state index is 0.506. The van der Waals surface area contributed by atoms with E-state index in [-0.39, 0.29) is 0 Å². The zero-order valence-electron chi connectivity index (χ0n) is 7.01. The summed E-state index contributed by atoms with van der Waals surface area (Å²) in [5.74, 6) is 0.506. The van der Waals surface area contributed by atoms with Gasteiger partial charge in [0.25, 0.3) is 0 Å². The van der Waals surface area contributed by atoms with Crippen LogP contribution in [0.4, 0.5) is 0 Å². The zero-order chi connectivity index (χ0) is 8.97. The Morgan fingerprint density at radius 2 is 2.33 bits per heavy atom. The fraction of sp³-hybridized carbons (Fsp3) is 0.400. The lowest BCUT2D eigenvalue weighted by Gasteiger charge is -1.94. The summed E-state index contributed by atoms with van der Waals surface area (Å²) in [4.78, 5) is 0. The van der Waals surface area contributed by atoms with Crippen LogP contribution in [0, 0.1) is 22.7 Å². The lowest BCUT2D eigenvalue weighted by molar-refractivity contribution is 1.11. The van der Waals surface area contributed by atoms with Gasteiger partial charge in [-0.1, -0.05) is 18.7 Å². The molecule has 1 N–H and O–H groups in total. The molecule has 0 aromatic heterocycles. The first kappa shape index (κ1) is 8.73. The Hall–Kier alpha value is -1.36. The van der Waals surface area contributed by atoms with Gasteiger partial charge >= 0.3 is 0 Å². The van der Waals surface area contributed by atoms with Crippen LogP contribution in [0.15, 0.2) is 24.3 Å². The largest absolute Gasteiger partial charge is 0.309 e. The first-order valence-corrected chi connectivity index (χ1v) is 4.08. The fourth-order valence-electron chi connectivity index (χ4n) is 0.993. The monoisotopic (exact) mass is 160 g/mol. The Morgan fingerprint density at radius 1 is 1.67 bits per heavy atom. The van der Waals surface area contributed by atoms with Crippen LogP contribution in [-0.4, -0.2) is 5.71 Å². The molecule has 2 heteroatoms. The van der Waals surface area contributed by atoms with Gasteiger partial charge in [0.1, 0.15) is 0 Å². The molecule has 0 aliphatic heterocycles. The van der Waals surface area contributed by atoms with E-state index in [4.69, 9.17) is 10.7 Å². The third-order valence-electron chi connectivity index (χ3n) is 1.96. The molecule has 12 heavy (non-hydrogen) atoms. The topological polar surface area (TPSA) is 47.6 Å². The number of allylic oxidation sites excluding steroid dienone is 3. The van der Waals surface area contributed by atoms with Crippen molar-refractivity contribution in [2.75, 3.05) is 0 Å². The van der Waals surface area contributed by atoms with Gasteiger partial charge in [-0.05, 0) is 18.8 Å². The van der Waals surface area contributed by atoms with Crippen LogP contribution >= 0.6 is 0 Å². The predicted octanol–water partition coefficient (Wildman–Crippen LogP) is 2.44. The highest BCUT2D eigenvalue weighted by atomic mass is 14.5. The quantitative estimate of drug-likeness (QED) is 0.383. The molecule has 0 bridgehead atoms. The van der Waals surface area contributed by atoms with E-state index in [0.717, 1.165) is 18.6 Å². The second-order valence-corrected chi connectivity index (χ2v) is 2.98. The van der Waals surface area contributed by atoms with Crippen LogP contribution in [-0.2, 0) is 0 Å². The van der Waals surface area contributed by atoms with E-state index in [1.165, 1.54) is 6.08 Å². The maximum Gasteiger partial charge on any atom is 0.0988 e. The lowest BCUT2D eigenvalue weighted by Crippen LogP contribution is -1.96. The summed E-state index contributed by atoms with van der Waals surface area (Å²) < 4.78 is 0. The third kappa shape index (κ3) is 2.35. The van der Waals surface area contributed by atoms with Crippen molar-refractivity contribution in [1.82, 2.24) is 0 Å². The third-order valence-corrected chi connectivity index (χ3v) is 1.96. The van der Waals surface area contributed by atoms with Crippen LogP contribution < -0.4 is 0 Å². The number of hydrogen-bond acceptors (Lipinski definition) is 2. The van der Waals surface area contributed by atoms with Crippen molar-refractivity contribution >= 4 is 5.71 Å². The van der Waals surface area contributed by atoms with E-state index < -0.39 is 0 Å². The average Bonchev–Trinajstić information content (AvgIpc) is 2.88. The maximum absolute atomic E-state index is 8.53. The van der Waals surface area contributed by atoms with Crippen LogP contribution in [0.25, 0.3) is 0 Å². The Kier molecular flexibility index (Phi) is 2.82. The molecule has 1 rings (SSSR count). The second-order valence-electron chi connectivity index (χ2n) is 2.98. The standard InChI is InChI=1S/C10H12N2/c1-2-8(7-11)3-6-10(12)9-4-5-9/h2-3,9,12H,1,4-6H2/b8-3+,12-10?. The van der Waals surface area contributed by atoms with Crippen molar-refractivity contribution in [2.45, 2.75) is 19.3 Å². The van der Waals surface area contributed by atoms with E-state index in [2.05, 4.69) is 6.58 Å². The van der Waals surface area contributed by atoms with Gasteiger partial charge in [-0.25, -0.2) is 0 Å². The van der Waals surface area contributed by atoms with Gasteiger partial charge < -0.3 is 5.41 Å². The highest BCUT2D eigenvalue weighted by Crippen LogP contribution is 2.31. The summed E-state index contributed by atoms with van der Waals surface area (Å²) in [6.45, 7) is 3.51. The lowest BCUT2D eigenvalue weighted by atomic mass is 10.1. The van der Waals surface area contributed by atoms with Crippen molar-refractivity contribution in [1.29, 1.82) is 10.7 Å². The first-order valence-electron chi connectivity index (χ1n) is 4.08. The molecule has 0 radical (unpaired) electrons. The second kappa shape index (κ2) is 3.87. The van der Waals surface area contributed by atoms with Crippen LogP contribution in [0.5, 0.6) is 0 Å². The predicted molar refractivity (Wildman–Crippen MR) is 49.0 cm³/mol. The normalized spacial score (nSPS) is 16.8. The molecule has 1 saturated carbocycles. The minimum atomic E-state index is 0.506. The van der Waals surface area contributed by atoms with Crippen molar-refractivity contribution in [3.63, 3.8) is 0 Å². The van der Waals surface area contributed by atoms with Crippen molar-refractivity contribution in [3.8, 4) is 6.07 Å². The van der Waals surface area contributed by atoms with Gasteiger partial charge in [-0.3, -0.25) is 0 Å². The van der Waals surface area contributed by atoms with E-state index in [0.29, 0.717) is 17.9 Å². The fourth-order valence-corrected chi connectivity index (χ4v) is 0.993. The van der Waals surface area contributed by atoms with Gasteiger partial charge in [0.05, 0.1) is 6.07 Å². The number of hydrogen-bond donors (Lipinski definition) is 1. The van der Waals surface area contributed by atoms with Crippen LogP contribution in [0.2, 0.25) is 0 Å². The molecule has 0 saturated heterocycles. The summed E-state index contributed by atoms with van der Waals surface area (Å²) in [7, 11) is 0. The molecule has 0 heterocycles. The SMILES string of the molecule is C=C/C(C#N)=C\CC(=N)C1CC1. The van der Waals surface area contributed by atoms with Crippen LogP contribution in [0.1, 0.15) is 19.3 Å². The molecule has 0 aromatic carbocycles. The Labute approximate surface area is 72.7 Å². The highest BCUT2D eigenvalue weighted by molar-refractivity contribution is 5.87. The van der Waals surface area contributed by atoms with Gasteiger partial charge in [-0.15, -0.1) is 0 Å². The maximum atomic E-state index is 8.53. The van der Waals surface area contributed by atoms with Crippen LogP contribution in [0.3, 0.4) is 0 Å². The van der Waals surface area contributed by atoms with Gasteiger partial charge in [-0.2, -0.15) is 5.26 Å². The molecule has 0 spiro atoms. The highest BCUT2D eigenvalue weighted by Gasteiger charge is 2.25. The van der Waals surface area contributed by atoms with Gasteiger partial charge in [0.2, 0.25) is 0 Å². The molecular weight excluding hydrogens is 148 g/mol.